The number of nitrogens with zero attached hydrogens (tertiary/aromatic N) is 2. The molecule has 3 rings (SSSR count). The molecule has 1 saturated heterocycles. The summed E-state index contributed by atoms with van der Waals surface area (Å²) in [5, 5.41) is 10.9. The molecule has 20 heavy (non-hydrogen) atoms. The van der Waals surface area contributed by atoms with Gasteiger partial charge in [0.2, 0.25) is 0 Å². The zero-order valence-electron chi connectivity index (χ0n) is 10.9. The molecule has 3 N–H and O–H groups in total. The third kappa shape index (κ3) is 2.66. The van der Waals surface area contributed by atoms with Gasteiger partial charge in [-0.3, -0.25) is 9.11 Å². The Morgan fingerprint density at radius 2 is 2.10 bits per heavy atom. The van der Waals surface area contributed by atoms with Gasteiger partial charge in [0.1, 0.15) is 5.65 Å². The first-order chi connectivity index (χ1) is 9.48. The quantitative estimate of drug-likeness (QED) is 0.810. The van der Waals surface area contributed by atoms with Gasteiger partial charge in [0.15, 0.2) is 0 Å². The Morgan fingerprint density at radius 1 is 1.35 bits per heavy atom. The molecule has 1 aliphatic rings. The van der Waals surface area contributed by atoms with Gasteiger partial charge in [-0.05, 0) is 24.5 Å². The lowest BCUT2D eigenvalue weighted by Gasteiger charge is -2.47. The van der Waals surface area contributed by atoms with E-state index in [1.165, 1.54) is 0 Å². The van der Waals surface area contributed by atoms with E-state index in [4.69, 9.17) is 11.6 Å². The number of aliphatic hydroxyl groups excluding tert-OH is 1. The van der Waals surface area contributed by atoms with E-state index in [1.54, 1.807) is 6.20 Å². The highest BCUT2D eigenvalue weighted by molar-refractivity contribution is 8.25. The first kappa shape index (κ1) is 14.2. The molecule has 0 unspecified atom stereocenters. The molecule has 0 aliphatic carbocycles. The standard InChI is InChI=1S/C13H17ClN2O3S/c14-11-3-10-4-12(6-17)16(13(10)15-5-11)2-1-9-7-20(18,19)8-9/h3-5,9,17-19H,1-2,6-8H2. The van der Waals surface area contributed by atoms with Gasteiger partial charge < -0.3 is 9.67 Å². The monoisotopic (exact) mass is 316 g/mol. The largest absolute Gasteiger partial charge is 0.390 e. The predicted molar refractivity (Wildman–Crippen MR) is 81.4 cm³/mol. The van der Waals surface area contributed by atoms with Crippen molar-refractivity contribution in [3.63, 3.8) is 0 Å². The van der Waals surface area contributed by atoms with Crippen molar-refractivity contribution in [1.82, 2.24) is 9.55 Å². The highest BCUT2D eigenvalue weighted by Crippen LogP contribution is 2.53. The van der Waals surface area contributed by atoms with Crippen LogP contribution in [0.1, 0.15) is 12.1 Å². The number of hydrogen-bond donors (Lipinski definition) is 3. The highest BCUT2D eigenvalue weighted by Gasteiger charge is 2.33. The van der Waals surface area contributed by atoms with Crippen LogP contribution >= 0.6 is 22.2 Å². The van der Waals surface area contributed by atoms with Gasteiger partial charge in [0.05, 0.1) is 11.6 Å². The van der Waals surface area contributed by atoms with E-state index in [1.807, 2.05) is 16.7 Å². The van der Waals surface area contributed by atoms with E-state index in [0.29, 0.717) is 29.0 Å². The van der Waals surface area contributed by atoms with E-state index >= 15 is 0 Å². The summed E-state index contributed by atoms with van der Waals surface area (Å²) in [6.07, 6.45) is 2.46. The molecule has 0 radical (unpaired) electrons. The molecule has 3 heterocycles. The number of hydrogen-bond acceptors (Lipinski definition) is 4. The van der Waals surface area contributed by atoms with Crippen LogP contribution in [0.5, 0.6) is 0 Å². The third-order valence-corrected chi connectivity index (χ3v) is 5.93. The van der Waals surface area contributed by atoms with Crippen molar-refractivity contribution in [3.8, 4) is 0 Å². The number of halogens is 1. The molecular formula is C13H17ClN2O3S. The topological polar surface area (TPSA) is 78.5 Å². The van der Waals surface area contributed by atoms with Crippen LogP contribution in [0.4, 0.5) is 0 Å². The number of rotatable bonds is 4. The summed E-state index contributed by atoms with van der Waals surface area (Å²) in [5.74, 6) is 1.34. The molecular weight excluding hydrogens is 300 g/mol. The van der Waals surface area contributed by atoms with Gasteiger partial charge in [-0.1, -0.05) is 11.6 Å². The minimum Gasteiger partial charge on any atom is -0.390 e. The zero-order chi connectivity index (χ0) is 14.3. The van der Waals surface area contributed by atoms with Crippen molar-refractivity contribution < 1.29 is 14.2 Å². The normalized spacial score (nSPS) is 20.0. The maximum absolute atomic E-state index is 9.45. The van der Waals surface area contributed by atoms with Crippen LogP contribution in [0.25, 0.3) is 11.0 Å². The van der Waals surface area contributed by atoms with E-state index in [-0.39, 0.29) is 6.61 Å². The Morgan fingerprint density at radius 3 is 2.75 bits per heavy atom. The van der Waals surface area contributed by atoms with Crippen LogP contribution in [0.3, 0.4) is 0 Å². The fraction of sp³-hybridized carbons (Fsp3) is 0.462. The molecule has 5 nitrogen and oxygen atoms in total. The Balaban J connectivity index is 1.79. The van der Waals surface area contributed by atoms with Gasteiger partial charge in [0, 0.05) is 35.3 Å². The molecule has 0 saturated carbocycles. The van der Waals surface area contributed by atoms with Crippen molar-refractivity contribution in [2.45, 2.75) is 19.6 Å². The molecule has 0 spiro atoms. The molecule has 0 bridgehead atoms. The summed E-state index contributed by atoms with van der Waals surface area (Å²) in [7, 11) is -2.28. The summed E-state index contributed by atoms with van der Waals surface area (Å²) in [6.45, 7) is 0.669. The lowest BCUT2D eigenvalue weighted by atomic mass is 10.1. The van der Waals surface area contributed by atoms with Crippen molar-refractivity contribution in [1.29, 1.82) is 0 Å². The summed E-state index contributed by atoms with van der Waals surface area (Å²) in [4.78, 5) is 4.33. The Labute approximate surface area is 123 Å². The Kier molecular flexibility index (Phi) is 3.68. The van der Waals surface area contributed by atoms with Gasteiger partial charge in [-0.2, -0.15) is 10.6 Å². The molecule has 2 aromatic rings. The first-order valence-corrected chi connectivity index (χ1v) is 8.73. The van der Waals surface area contributed by atoms with Crippen LogP contribution < -0.4 is 0 Å². The van der Waals surface area contributed by atoms with E-state index in [2.05, 4.69) is 4.98 Å². The second-order valence-corrected chi connectivity index (χ2v) is 8.01. The second-order valence-electron chi connectivity index (χ2n) is 5.30. The lowest BCUT2D eigenvalue weighted by molar-refractivity contribution is 0.269. The molecule has 0 aromatic carbocycles. The van der Waals surface area contributed by atoms with Crippen LogP contribution in [-0.4, -0.2) is 35.3 Å². The minimum absolute atomic E-state index is 0.0478. The number of aryl methyl sites for hydroxylation is 1. The van der Waals surface area contributed by atoms with Gasteiger partial charge in [-0.25, -0.2) is 4.98 Å². The zero-order valence-corrected chi connectivity index (χ0v) is 12.4. The molecule has 0 amide bonds. The summed E-state index contributed by atoms with van der Waals surface area (Å²) < 4.78 is 20.8. The van der Waals surface area contributed by atoms with Crippen molar-refractivity contribution >= 4 is 33.2 Å². The number of aromatic nitrogens is 2. The lowest BCUT2D eigenvalue weighted by Crippen LogP contribution is -2.33. The first-order valence-electron chi connectivity index (χ1n) is 6.46. The minimum atomic E-state index is -2.28. The van der Waals surface area contributed by atoms with Gasteiger partial charge >= 0.3 is 0 Å². The fourth-order valence-electron chi connectivity index (χ4n) is 2.74. The van der Waals surface area contributed by atoms with Crippen molar-refractivity contribution in [2.24, 2.45) is 5.92 Å². The summed E-state index contributed by atoms with van der Waals surface area (Å²) in [5.41, 5.74) is 1.62. The number of fused-ring (bicyclic) bond motifs is 1. The fourth-order valence-corrected chi connectivity index (χ4v) is 4.65. The Hall–Kier alpha value is -0.790. The SMILES string of the molecule is OCc1cc2cc(Cl)cnc2n1CCC1CS(O)(O)C1. The average molecular weight is 317 g/mol. The molecule has 0 atom stereocenters. The molecule has 2 aromatic heterocycles. The molecule has 1 fully saturated rings. The number of aliphatic hydroxyl groups is 1. The van der Waals surface area contributed by atoms with E-state index < -0.39 is 10.6 Å². The Bertz CT molecular complexity index is 636. The average Bonchev–Trinajstić information content (AvgIpc) is 2.70. The predicted octanol–water partition coefficient (Wildman–Crippen LogP) is 2.95. The summed E-state index contributed by atoms with van der Waals surface area (Å²) >= 11 is 5.93. The third-order valence-electron chi connectivity index (χ3n) is 3.71. The molecule has 1 aliphatic heterocycles. The molecule has 110 valence electrons. The van der Waals surface area contributed by atoms with Crippen molar-refractivity contribution in [3.05, 3.63) is 29.0 Å². The van der Waals surface area contributed by atoms with Crippen molar-refractivity contribution in [2.75, 3.05) is 11.5 Å². The summed E-state index contributed by atoms with van der Waals surface area (Å²) in [6, 6.07) is 3.72. The van der Waals surface area contributed by atoms with Gasteiger partial charge in [-0.15, -0.1) is 0 Å². The van der Waals surface area contributed by atoms with E-state index in [9.17, 15) is 14.2 Å². The van der Waals surface area contributed by atoms with Crippen LogP contribution in [0.15, 0.2) is 18.3 Å². The second kappa shape index (κ2) is 5.20. The highest BCUT2D eigenvalue weighted by atomic mass is 35.5. The van der Waals surface area contributed by atoms with Gasteiger partial charge in [0.25, 0.3) is 0 Å². The molecule has 7 heteroatoms. The maximum atomic E-state index is 9.45. The number of pyridine rings is 1. The van der Waals surface area contributed by atoms with Crippen LogP contribution in [-0.2, 0) is 13.2 Å². The van der Waals surface area contributed by atoms with Crippen LogP contribution in [0, 0.1) is 5.92 Å². The van der Waals surface area contributed by atoms with E-state index in [0.717, 1.165) is 23.1 Å². The maximum Gasteiger partial charge on any atom is 0.140 e. The smallest absolute Gasteiger partial charge is 0.140 e. The van der Waals surface area contributed by atoms with Crippen LogP contribution in [0.2, 0.25) is 5.02 Å².